The van der Waals surface area contributed by atoms with Crippen molar-refractivity contribution in [3.05, 3.63) is 23.8 Å². The lowest BCUT2D eigenvalue weighted by molar-refractivity contribution is 0.0692. The van der Waals surface area contributed by atoms with Crippen LogP contribution >= 0.6 is 0 Å². The van der Waals surface area contributed by atoms with Crippen LogP contribution in [0.15, 0.2) is 18.2 Å². The predicted molar refractivity (Wildman–Crippen MR) is 74.5 cm³/mol. The van der Waals surface area contributed by atoms with Gasteiger partial charge in [0.15, 0.2) is 5.75 Å². The third kappa shape index (κ3) is 2.84. The molecule has 0 bridgehead atoms. The highest BCUT2D eigenvalue weighted by Crippen LogP contribution is 2.34. The third-order valence-electron chi connectivity index (χ3n) is 2.98. The van der Waals surface area contributed by atoms with Crippen LogP contribution in [-0.2, 0) is 0 Å². The van der Waals surface area contributed by atoms with E-state index in [1.807, 2.05) is 13.8 Å². The summed E-state index contributed by atoms with van der Waals surface area (Å²) in [5, 5.41) is 12.0. The van der Waals surface area contributed by atoms with E-state index in [1.165, 1.54) is 11.0 Å². The van der Waals surface area contributed by atoms with Gasteiger partial charge in [0.05, 0.1) is 12.2 Å². The molecular weight excluding hydrogens is 260 g/mol. The number of hydrogen-bond donors (Lipinski definition) is 2. The first-order chi connectivity index (χ1) is 9.50. The summed E-state index contributed by atoms with van der Waals surface area (Å²) in [6.45, 7) is 5.28. The molecule has 0 radical (unpaired) electrons. The number of rotatable bonds is 3. The molecule has 0 atom stereocenters. The first kappa shape index (κ1) is 14.2. The van der Waals surface area contributed by atoms with Gasteiger partial charge in [0.2, 0.25) is 0 Å². The molecule has 108 valence electrons. The van der Waals surface area contributed by atoms with Gasteiger partial charge in [-0.05, 0) is 18.1 Å². The van der Waals surface area contributed by atoms with E-state index in [1.54, 1.807) is 12.1 Å². The van der Waals surface area contributed by atoms with Crippen molar-refractivity contribution in [2.75, 3.05) is 24.6 Å². The minimum Gasteiger partial charge on any atom is -0.489 e. The second-order valence-electron chi connectivity index (χ2n) is 5.04. The van der Waals surface area contributed by atoms with E-state index in [2.05, 4.69) is 5.32 Å². The lowest BCUT2D eigenvalue weighted by Gasteiger charge is -2.30. The van der Waals surface area contributed by atoms with Crippen molar-refractivity contribution in [1.29, 1.82) is 0 Å². The highest BCUT2D eigenvalue weighted by molar-refractivity contribution is 5.99. The summed E-state index contributed by atoms with van der Waals surface area (Å²) < 4.78 is 5.42. The van der Waals surface area contributed by atoms with Gasteiger partial charge in [-0.3, -0.25) is 4.90 Å². The van der Waals surface area contributed by atoms with E-state index >= 15 is 0 Å². The predicted octanol–water partition coefficient (Wildman–Crippen LogP) is 1.95. The van der Waals surface area contributed by atoms with Crippen molar-refractivity contribution in [3.63, 3.8) is 0 Å². The first-order valence-electron chi connectivity index (χ1n) is 6.55. The summed E-state index contributed by atoms with van der Waals surface area (Å²) >= 11 is 0. The zero-order chi connectivity index (χ0) is 14.7. The van der Waals surface area contributed by atoms with Gasteiger partial charge in [-0.15, -0.1) is 0 Å². The number of urea groups is 1. The number of anilines is 1. The number of nitrogens with zero attached hydrogens (tertiary/aromatic N) is 1. The quantitative estimate of drug-likeness (QED) is 0.885. The molecule has 2 rings (SSSR count). The minimum atomic E-state index is -1.06. The van der Waals surface area contributed by atoms with Gasteiger partial charge in [-0.1, -0.05) is 19.9 Å². The summed E-state index contributed by atoms with van der Waals surface area (Å²) in [6.07, 6.45) is 0. The van der Waals surface area contributed by atoms with E-state index in [4.69, 9.17) is 9.84 Å². The van der Waals surface area contributed by atoms with Crippen molar-refractivity contribution in [3.8, 4) is 5.75 Å². The van der Waals surface area contributed by atoms with Crippen LogP contribution in [0.4, 0.5) is 10.5 Å². The molecule has 2 amide bonds. The van der Waals surface area contributed by atoms with Gasteiger partial charge in [-0.25, -0.2) is 9.59 Å². The Bertz CT molecular complexity index is 528. The number of hydrogen-bond acceptors (Lipinski definition) is 3. The highest BCUT2D eigenvalue weighted by atomic mass is 16.5. The topological polar surface area (TPSA) is 78.9 Å². The first-order valence-corrected chi connectivity index (χ1v) is 6.55. The Kier molecular flexibility index (Phi) is 4.12. The van der Waals surface area contributed by atoms with Crippen molar-refractivity contribution in [2.45, 2.75) is 13.8 Å². The van der Waals surface area contributed by atoms with Crippen LogP contribution in [0, 0.1) is 5.92 Å². The van der Waals surface area contributed by atoms with Crippen LogP contribution in [0.5, 0.6) is 5.75 Å². The van der Waals surface area contributed by atoms with Crippen LogP contribution in [0.2, 0.25) is 0 Å². The monoisotopic (exact) mass is 278 g/mol. The van der Waals surface area contributed by atoms with Crippen molar-refractivity contribution < 1.29 is 19.4 Å². The highest BCUT2D eigenvalue weighted by Gasteiger charge is 2.27. The Morgan fingerprint density at radius 3 is 2.85 bits per heavy atom. The number of carboxylic acids is 1. The van der Waals surface area contributed by atoms with Crippen LogP contribution in [0.25, 0.3) is 0 Å². The molecule has 0 aliphatic carbocycles. The summed E-state index contributed by atoms with van der Waals surface area (Å²) in [6, 6.07) is 4.54. The fourth-order valence-electron chi connectivity index (χ4n) is 2.01. The molecule has 1 heterocycles. The molecule has 1 aromatic carbocycles. The average molecular weight is 278 g/mol. The summed E-state index contributed by atoms with van der Waals surface area (Å²) in [4.78, 5) is 24.8. The van der Waals surface area contributed by atoms with E-state index in [0.717, 1.165) is 0 Å². The number of carbonyl (C=O) groups is 2. The molecule has 6 heteroatoms. The van der Waals surface area contributed by atoms with Gasteiger partial charge in [0.1, 0.15) is 12.2 Å². The van der Waals surface area contributed by atoms with E-state index in [-0.39, 0.29) is 24.0 Å². The largest absolute Gasteiger partial charge is 0.489 e. The summed E-state index contributed by atoms with van der Waals surface area (Å²) in [5.41, 5.74) is 0.571. The normalized spacial score (nSPS) is 13.7. The van der Waals surface area contributed by atoms with Crippen LogP contribution < -0.4 is 15.0 Å². The number of ether oxygens (including phenoxy) is 1. The maximum atomic E-state index is 12.2. The van der Waals surface area contributed by atoms with Crippen LogP contribution in [0.3, 0.4) is 0 Å². The van der Waals surface area contributed by atoms with Crippen molar-refractivity contribution in [2.24, 2.45) is 5.92 Å². The molecule has 0 aromatic heterocycles. The molecular formula is C14H18N2O4. The summed E-state index contributed by atoms with van der Waals surface area (Å²) in [5.74, 6) is -0.456. The smallest absolute Gasteiger partial charge is 0.339 e. The summed E-state index contributed by atoms with van der Waals surface area (Å²) in [7, 11) is 0. The third-order valence-corrected chi connectivity index (χ3v) is 2.98. The molecule has 20 heavy (non-hydrogen) atoms. The van der Waals surface area contributed by atoms with Crippen LogP contribution in [-0.4, -0.2) is 36.8 Å². The molecule has 0 spiro atoms. The Balaban J connectivity index is 2.26. The Hall–Kier alpha value is -2.24. The Labute approximate surface area is 117 Å². The molecule has 0 fully saturated rings. The lowest BCUT2D eigenvalue weighted by Crippen LogP contribution is -2.45. The fraction of sp³-hybridized carbons (Fsp3) is 0.429. The number of aromatic carboxylic acids is 1. The zero-order valence-corrected chi connectivity index (χ0v) is 11.5. The molecule has 0 saturated carbocycles. The van der Waals surface area contributed by atoms with Gasteiger partial charge in [0.25, 0.3) is 0 Å². The van der Waals surface area contributed by atoms with Crippen molar-refractivity contribution in [1.82, 2.24) is 5.32 Å². The fourth-order valence-corrected chi connectivity index (χ4v) is 2.01. The van der Waals surface area contributed by atoms with Crippen molar-refractivity contribution >= 4 is 17.7 Å². The second-order valence-corrected chi connectivity index (χ2v) is 5.04. The van der Waals surface area contributed by atoms with E-state index < -0.39 is 5.97 Å². The molecule has 0 saturated heterocycles. The Morgan fingerprint density at radius 2 is 2.20 bits per heavy atom. The number of amides is 2. The maximum absolute atomic E-state index is 12.2. The van der Waals surface area contributed by atoms with E-state index in [9.17, 15) is 9.59 Å². The van der Waals surface area contributed by atoms with Gasteiger partial charge in [-0.2, -0.15) is 0 Å². The molecule has 0 unspecified atom stereocenters. The SMILES string of the molecule is CC(C)CNC(=O)N1CCOc2c(C(=O)O)cccc21. The van der Waals surface area contributed by atoms with Gasteiger partial charge in [0, 0.05) is 6.54 Å². The number of benzene rings is 1. The lowest BCUT2D eigenvalue weighted by atomic mass is 10.1. The van der Waals surface area contributed by atoms with E-state index in [0.29, 0.717) is 24.7 Å². The maximum Gasteiger partial charge on any atom is 0.339 e. The number of carboxylic acid groups (broad SMARTS) is 1. The number of para-hydroxylation sites is 1. The minimum absolute atomic E-state index is 0.0730. The standard InChI is InChI=1S/C14H18N2O4/c1-9(2)8-15-14(19)16-6-7-20-12-10(13(17)18)4-3-5-11(12)16/h3-5,9H,6-8H2,1-2H3,(H,15,19)(H,17,18). The average Bonchev–Trinajstić information content (AvgIpc) is 2.43. The molecule has 2 N–H and O–H groups in total. The Morgan fingerprint density at radius 1 is 1.45 bits per heavy atom. The molecule has 6 nitrogen and oxygen atoms in total. The molecule has 1 aliphatic heterocycles. The van der Waals surface area contributed by atoms with Gasteiger partial charge >= 0.3 is 12.0 Å². The number of fused-ring (bicyclic) bond motifs is 1. The second kappa shape index (κ2) is 5.81. The number of nitrogens with one attached hydrogen (secondary N) is 1. The zero-order valence-electron chi connectivity index (χ0n) is 11.5. The molecule has 1 aliphatic rings. The molecule has 1 aromatic rings. The van der Waals surface area contributed by atoms with Gasteiger partial charge < -0.3 is 15.2 Å². The number of carbonyl (C=O) groups excluding carboxylic acids is 1. The van der Waals surface area contributed by atoms with Crippen LogP contribution in [0.1, 0.15) is 24.2 Å².